The third kappa shape index (κ3) is 7.11. The Morgan fingerprint density at radius 3 is 2.68 bits per heavy atom. The molecule has 0 aliphatic carbocycles. The zero-order valence-corrected chi connectivity index (χ0v) is 13.1. The van der Waals surface area contributed by atoms with Gasteiger partial charge in [-0.05, 0) is 46.8 Å². The van der Waals surface area contributed by atoms with Gasteiger partial charge in [0.05, 0.1) is 18.8 Å². The quantitative estimate of drug-likeness (QED) is 0.676. The van der Waals surface area contributed by atoms with Gasteiger partial charge in [0.2, 0.25) is 5.91 Å². The lowest BCUT2D eigenvalue weighted by Crippen LogP contribution is -2.57. The zero-order valence-electron chi connectivity index (χ0n) is 12.3. The van der Waals surface area contributed by atoms with Crippen molar-refractivity contribution in [2.24, 2.45) is 0 Å². The molecule has 19 heavy (non-hydrogen) atoms. The molecule has 0 aromatic rings. The first-order chi connectivity index (χ1) is 8.54. The number of hydrogen-bond donors (Lipinski definition) is 2. The number of ether oxygens (including phenoxy) is 1. The van der Waals surface area contributed by atoms with Crippen molar-refractivity contribution < 1.29 is 9.53 Å². The smallest absolute Gasteiger partial charge is 0.240 e. The number of nitrogens with one attached hydrogen (secondary N) is 2. The second-order valence-corrected chi connectivity index (χ2v) is 5.39. The molecule has 1 amide bonds. The number of piperidine rings is 1. The monoisotopic (exact) mass is 293 g/mol. The van der Waals surface area contributed by atoms with Crippen LogP contribution in [-0.4, -0.2) is 63.3 Å². The Hall–Kier alpha value is -0.360. The van der Waals surface area contributed by atoms with Crippen LogP contribution in [0.15, 0.2) is 0 Å². The van der Waals surface area contributed by atoms with E-state index in [4.69, 9.17) is 4.74 Å². The molecule has 1 unspecified atom stereocenters. The van der Waals surface area contributed by atoms with E-state index in [2.05, 4.69) is 15.5 Å². The predicted octanol–water partition coefficient (Wildman–Crippen LogP) is 0.635. The van der Waals surface area contributed by atoms with E-state index in [-0.39, 0.29) is 23.9 Å². The molecule has 114 valence electrons. The SMILES string of the molecule is CN(C)CCOCCNC(=O)C1(C)CCCCN1.Cl. The molecule has 1 fully saturated rings. The second-order valence-electron chi connectivity index (χ2n) is 5.39. The highest BCUT2D eigenvalue weighted by atomic mass is 35.5. The molecule has 0 aromatic carbocycles. The van der Waals surface area contributed by atoms with Crippen molar-refractivity contribution in [2.45, 2.75) is 31.7 Å². The van der Waals surface area contributed by atoms with Crippen LogP contribution >= 0.6 is 12.4 Å². The fourth-order valence-corrected chi connectivity index (χ4v) is 2.03. The summed E-state index contributed by atoms with van der Waals surface area (Å²) in [6, 6.07) is 0. The van der Waals surface area contributed by atoms with E-state index in [0.717, 1.165) is 32.4 Å². The van der Waals surface area contributed by atoms with E-state index in [1.165, 1.54) is 0 Å². The number of carbonyl (C=O) groups is 1. The molecule has 0 radical (unpaired) electrons. The summed E-state index contributed by atoms with van der Waals surface area (Å²) in [7, 11) is 4.03. The highest BCUT2D eigenvalue weighted by molar-refractivity contribution is 5.86. The van der Waals surface area contributed by atoms with Crippen molar-refractivity contribution in [1.29, 1.82) is 0 Å². The van der Waals surface area contributed by atoms with Gasteiger partial charge in [-0.2, -0.15) is 0 Å². The van der Waals surface area contributed by atoms with Gasteiger partial charge < -0.3 is 20.3 Å². The number of hydrogen-bond acceptors (Lipinski definition) is 4. The Morgan fingerprint density at radius 1 is 1.37 bits per heavy atom. The van der Waals surface area contributed by atoms with Gasteiger partial charge in [-0.15, -0.1) is 12.4 Å². The van der Waals surface area contributed by atoms with Gasteiger partial charge in [0, 0.05) is 13.1 Å². The van der Waals surface area contributed by atoms with Crippen LogP contribution in [0.25, 0.3) is 0 Å². The average molecular weight is 294 g/mol. The van der Waals surface area contributed by atoms with Gasteiger partial charge in [0.1, 0.15) is 0 Å². The first-order valence-electron chi connectivity index (χ1n) is 6.80. The highest BCUT2D eigenvalue weighted by Gasteiger charge is 2.33. The number of halogens is 1. The average Bonchev–Trinajstić information content (AvgIpc) is 2.34. The number of rotatable bonds is 7. The Labute approximate surface area is 122 Å². The van der Waals surface area contributed by atoms with Crippen LogP contribution in [0.3, 0.4) is 0 Å². The third-order valence-electron chi connectivity index (χ3n) is 3.33. The molecule has 1 aliphatic rings. The van der Waals surface area contributed by atoms with Gasteiger partial charge >= 0.3 is 0 Å². The van der Waals surface area contributed by atoms with Gasteiger partial charge in [0.15, 0.2) is 0 Å². The van der Waals surface area contributed by atoms with Crippen LogP contribution in [0.5, 0.6) is 0 Å². The summed E-state index contributed by atoms with van der Waals surface area (Å²) in [4.78, 5) is 14.1. The molecule has 0 spiro atoms. The fourth-order valence-electron chi connectivity index (χ4n) is 2.03. The van der Waals surface area contributed by atoms with E-state index in [0.29, 0.717) is 19.8 Å². The lowest BCUT2D eigenvalue weighted by molar-refractivity contribution is -0.128. The van der Waals surface area contributed by atoms with Crippen molar-refractivity contribution in [2.75, 3.05) is 46.9 Å². The fraction of sp³-hybridized carbons (Fsp3) is 0.923. The topological polar surface area (TPSA) is 53.6 Å². The highest BCUT2D eigenvalue weighted by Crippen LogP contribution is 2.18. The molecule has 1 heterocycles. The molecule has 1 aliphatic heterocycles. The van der Waals surface area contributed by atoms with Gasteiger partial charge in [-0.1, -0.05) is 0 Å². The van der Waals surface area contributed by atoms with Crippen LogP contribution < -0.4 is 10.6 Å². The molecule has 2 N–H and O–H groups in total. The number of nitrogens with zero attached hydrogens (tertiary/aromatic N) is 1. The largest absolute Gasteiger partial charge is 0.378 e. The van der Waals surface area contributed by atoms with Crippen molar-refractivity contribution in [1.82, 2.24) is 15.5 Å². The third-order valence-corrected chi connectivity index (χ3v) is 3.33. The standard InChI is InChI=1S/C13H27N3O2.ClH/c1-13(6-4-5-7-15-13)12(17)14-8-10-18-11-9-16(2)3;/h15H,4-11H2,1-3H3,(H,14,17);1H. The van der Waals surface area contributed by atoms with E-state index < -0.39 is 0 Å². The van der Waals surface area contributed by atoms with Crippen LogP contribution in [0.1, 0.15) is 26.2 Å². The Kier molecular flexibility index (Phi) is 9.35. The van der Waals surface area contributed by atoms with Crippen LogP contribution in [0, 0.1) is 0 Å². The Morgan fingerprint density at radius 2 is 2.11 bits per heavy atom. The maximum absolute atomic E-state index is 12.0. The summed E-state index contributed by atoms with van der Waals surface area (Å²) >= 11 is 0. The molecule has 5 nitrogen and oxygen atoms in total. The molecular weight excluding hydrogens is 266 g/mol. The maximum atomic E-state index is 12.0. The molecular formula is C13H28ClN3O2. The van der Waals surface area contributed by atoms with E-state index in [9.17, 15) is 4.79 Å². The number of amides is 1. The van der Waals surface area contributed by atoms with Crippen LogP contribution in [0.4, 0.5) is 0 Å². The van der Waals surface area contributed by atoms with E-state index in [1.807, 2.05) is 21.0 Å². The van der Waals surface area contributed by atoms with Gasteiger partial charge in [-0.25, -0.2) is 0 Å². The minimum atomic E-state index is -0.387. The molecule has 6 heteroatoms. The minimum Gasteiger partial charge on any atom is -0.378 e. The second kappa shape index (κ2) is 9.53. The Balaban J connectivity index is 0.00000324. The van der Waals surface area contributed by atoms with Crippen molar-refractivity contribution in [3.05, 3.63) is 0 Å². The summed E-state index contributed by atoms with van der Waals surface area (Å²) in [6.07, 6.45) is 3.20. The zero-order chi connectivity index (χ0) is 13.4. The van der Waals surface area contributed by atoms with Gasteiger partial charge in [-0.3, -0.25) is 4.79 Å². The Bertz CT molecular complexity index is 256. The first kappa shape index (κ1) is 18.6. The summed E-state index contributed by atoms with van der Waals surface area (Å²) in [6.45, 7) is 5.70. The molecule has 0 bridgehead atoms. The van der Waals surface area contributed by atoms with Crippen LogP contribution in [0.2, 0.25) is 0 Å². The van der Waals surface area contributed by atoms with E-state index in [1.54, 1.807) is 0 Å². The van der Waals surface area contributed by atoms with Crippen molar-refractivity contribution in [3.63, 3.8) is 0 Å². The summed E-state index contributed by atoms with van der Waals surface area (Å²) in [5, 5.41) is 6.24. The minimum absolute atomic E-state index is 0. The summed E-state index contributed by atoms with van der Waals surface area (Å²) in [5.41, 5.74) is -0.387. The number of likely N-dealkylation sites (N-methyl/N-ethyl adjacent to an activating group) is 1. The summed E-state index contributed by atoms with van der Waals surface area (Å²) < 4.78 is 5.44. The molecule has 1 atom stereocenters. The lowest BCUT2D eigenvalue weighted by Gasteiger charge is -2.33. The molecule has 1 rings (SSSR count). The van der Waals surface area contributed by atoms with Crippen molar-refractivity contribution in [3.8, 4) is 0 Å². The maximum Gasteiger partial charge on any atom is 0.240 e. The summed E-state index contributed by atoms with van der Waals surface area (Å²) in [5.74, 6) is 0.0957. The van der Waals surface area contributed by atoms with Crippen molar-refractivity contribution >= 4 is 18.3 Å². The molecule has 1 saturated heterocycles. The lowest BCUT2D eigenvalue weighted by atomic mass is 9.90. The molecule has 0 aromatic heterocycles. The molecule has 0 saturated carbocycles. The van der Waals surface area contributed by atoms with E-state index >= 15 is 0 Å². The van der Waals surface area contributed by atoms with Crippen LogP contribution in [-0.2, 0) is 9.53 Å². The first-order valence-corrected chi connectivity index (χ1v) is 6.80. The normalized spacial score (nSPS) is 22.9. The number of carbonyl (C=O) groups excluding carboxylic acids is 1. The predicted molar refractivity (Wildman–Crippen MR) is 79.9 cm³/mol. The van der Waals surface area contributed by atoms with Gasteiger partial charge in [0.25, 0.3) is 0 Å².